The van der Waals surface area contributed by atoms with Crippen LogP contribution in [0.25, 0.3) is 11.5 Å². The Morgan fingerprint density at radius 1 is 1.28 bits per heavy atom. The number of carbonyl (C=O) groups excluding carboxylic acids is 1. The van der Waals surface area contributed by atoms with Gasteiger partial charge in [0.1, 0.15) is 0 Å². The van der Waals surface area contributed by atoms with Gasteiger partial charge in [-0.15, -0.1) is 0 Å². The van der Waals surface area contributed by atoms with Crippen molar-refractivity contribution in [2.75, 3.05) is 32.8 Å². The number of aromatic nitrogens is 2. The summed E-state index contributed by atoms with van der Waals surface area (Å²) >= 11 is 0. The molecule has 134 valence electrons. The van der Waals surface area contributed by atoms with Gasteiger partial charge >= 0.3 is 0 Å². The van der Waals surface area contributed by atoms with E-state index in [0.29, 0.717) is 35.9 Å². The SMILES string of the molecule is CCC(CO)N1CCN(C(=O)c2ccccc2-c2nc(C)no2)CC1. The molecule has 0 aliphatic carbocycles. The van der Waals surface area contributed by atoms with Crippen LogP contribution >= 0.6 is 0 Å². The minimum Gasteiger partial charge on any atom is -0.395 e. The Kier molecular flexibility index (Phi) is 5.45. The van der Waals surface area contributed by atoms with Gasteiger partial charge in [0.2, 0.25) is 0 Å². The fourth-order valence-electron chi connectivity index (χ4n) is 3.23. The first-order valence-corrected chi connectivity index (χ1v) is 8.68. The number of hydrogen-bond acceptors (Lipinski definition) is 6. The monoisotopic (exact) mass is 344 g/mol. The van der Waals surface area contributed by atoms with Gasteiger partial charge in [-0.05, 0) is 25.5 Å². The maximum Gasteiger partial charge on any atom is 0.258 e. The molecule has 1 N–H and O–H groups in total. The highest BCUT2D eigenvalue weighted by Crippen LogP contribution is 2.24. The first kappa shape index (κ1) is 17.6. The molecule has 7 nitrogen and oxygen atoms in total. The summed E-state index contributed by atoms with van der Waals surface area (Å²) in [6, 6.07) is 7.50. The van der Waals surface area contributed by atoms with Crippen LogP contribution in [-0.4, -0.2) is 69.8 Å². The van der Waals surface area contributed by atoms with E-state index in [4.69, 9.17) is 4.52 Å². The smallest absolute Gasteiger partial charge is 0.258 e. The summed E-state index contributed by atoms with van der Waals surface area (Å²) in [4.78, 5) is 21.3. The van der Waals surface area contributed by atoms with Gasteiger partial charge in [-0.2, -0.15) is 4.98 Å². The van der Waals surface area contributed by atoms with E-state index in [0.717, 1.165) is 19.5 Å². The zero-order chi connectivity index (χ0) is 17.8. The van der Waals surface area contributed by atoms with Crippen LogP contribution in [0.5, 0.6) is 0 Å². The van der Waals surface area contributed by atoms with Crippen LogP contribution < -0.4 is 0 Å². The van der Waals surface area contributed by atoms with Gasteiger partial charge in [0, 0.05) is 32.2 Å². The Morgan fingerprint density at radius 2 is 2.00 bits per heavy atom. The predicted molar refractivity (Wildman–Crippen MR) is 93.1 cm³/mol. The molecule has 1 saturated heterocycles. The highest BCUT2D eigenvalue weighted by molar-refractivity contribution is 6.00. The molecule has 1 fully saturated rings. The lowest BCUT2D eigenvalue weighted by molar-refractivity contribution is 0.0473. The predicted octanol–water partition coefficient (Wildman–Crippen LogP) is 1.57. The minimum absolute atomic E-state index is 0.0249. The molecule has 2 heterocycles. The Morgan fingerprint density at radius 3 is 2.60 bits per heavy atom. The van der Waals surface area contributed by atoms with E-state index in [2.05, 4.69) is 22.0 Å². The van der Waals surface area contributed by atoms with E-state index in [1.54, 1.807) is 13.0 Å². The number of nitrogens with zero attached hydrogens (tertiary/aromatic N) is 4. The van der Waals surface area contributed by atoms with E-state index in [1.807, 2.05) is 23.1 Å². The molecular weight excluding hydrogens is 320 g/mol. The third kappa shape index (κ3) is 3.72. The van der Waals surface area contributed by atoms with Crippen LogP contribution in [0.15, 0.2) is 28.8 Å². The molecule has 3 rings (SSSR count). The van der Waals surface area contributed by atoms with E-state index in [-0.39, 0.29) is 18.6 Å². The summed E-state index contributed by atoms with van der Waals surface area (Å²) in [5, 5.41) is 13.3. The number of hydrogen-bond donors (Lipinski definition) is 1. The first-order valence-electron chi connectivity index (χ1n) is 8.68. The normalized spacial score (nSPS) is 16.8. The maximum absolute atomic E-state index is 13.0. The molecule has 1 aliphatic heterocycles. The second-order valence-corrected chi connectivity index (χ2v) is 6.27. The average molecular weight is 344 g/mol. The van der Waals surface area contributed by atoms with Crippen LogP contribution in [0.3, 0.4) is 0 Å². The molecule has 1 unspecified atom stereocenters. The van der Waals surface area contributed by atoms with Gasteiger partial charge in [0.25, 0.3) is 11.8 Å². The van der Waals surface area contributed by atoms with Crippen molar-refractivity contribution >= 4 is 5.91 Å². The standard InChI is InChI=1S/C18H24N4O3/c1-3-14(12-23)21-8-10-22(11-9-21)18(24)16-7-5-4-6-15(16)17-19-13(2)20-25-17/h4-7,14,23H,3,8-12H2,1-2H3. The molecule has 1 aromatic heterocycles. The van der Waals surface area contributed by atoms with Gasteiger partial charge in [-0.3, -0.25) is 9.69 Å². The van der Waals surface area contributed by atoms with E-state index in [1.165, 1.54) is 0 Å². The minimum atomic E-state index is -0.0249. The summed E-state index contributed by atoms with van der Waals surface area (Å²) < 4.78 is 5.24. The summed E-state index contributed by atoms with van der Waals surface area (Å²) in [5.74, 6) is 0.884. The molecule has 0 radical (unpaired) electrons. The molecule has 1 amide bonds. The summed E-state index contributed by atoms with van der Waals surface area (Å²) in [7, 11) is 0. The molecule has 1 aliphatic rings. The lowest BCUT2D eigenvalue weighted by Gasteiger charge is -2.38. The quantitative estimate of drug-likeness (QED) is 0.887. The Balaban J connectivity index is 1.75. The second-order valence-electron chi connectivity index (χ2n) is 6.27. The van der Waals surface area contributed by atoms with Gasteiger partial charge in [-0.25, -0.2) is 0 Å². The van der Waals surface area contributed by atoms with Crippen LogP contribution in [0, 0.1) is 6.92 Å². The average Bonchev–Trinajstić information content (AvgIpc) is 3.09. The third-order valence-electron chi connectivity index (χ3n) is 4.72. The number of amides is 1. The van der Waals surface area contributed by atoms with E-state index in [9.17, 15) is 9.90 Å². The van der Waals surface area contributed by atoms with Crippen LogP contribution in [0.4, 0.5) is 0 Å². The van der Waals surface area contributed by atoms with Gasteiger partial charge in [0.15, 0.2) is 5.82 Å². The van der Waals surface area contributed by atoms with Crippen molar-refractivity contribution in [2.45, 2.75) is 26.3 Å². The molecule has 0 saturated carbocycles. The van der Waals surface area contributed by atoms with Crippen LogP contribution in [-0.2, 0) is 0 Å². The van der Waals surface area contributed by atoms with Crippen LogP contribution in [0.1, 0.15) is 29.5 Å². The van der Waals surface area contributed by atoms with Gasteiger partial charge < -0.3 is 14.5 Å². The number of aryl methyl sites for hydroxylation is 1. The number of aliphatic hydroxyl groups is 1. The van der Waals surface area contributed by atoms with Crippen molar-refractivity contribution in [1.82, 2.24) is 19.9 Å². The number of piperazine rings is 1. The van der Waals surface area contributed by atoms with Crippen LogP contribution in [0.2, 0.25) is 0 Å². The highest BCUT2D eigenvalue weighted by atomic mass is 16.5. The Bertz CT molecular complexity index is 719. The van der Waals surface area contributed by atoms with Crippen molar-refractivity contribution in [3.63, 3.8) is 0 Å². The number of aliphatic hydroxyl groups excluding tert-OH is 1. The zero-order valence-electron chi connectivity index (χ0n) is 14.7. The molecule has 2 aromatic rings. The molecule has 25 heavy (non-hydrogen) atoms. The molecular formula is C18H24N4O3. The molecule has 0 bridgehead atoms. The van der Waals surface area contributed by atoms with E-state index < -0.39 is 0 Å². The zero-order valence-corrected chi connectivity index (χ0v) is 14.7. The number of rotatable bonds is 5. The number of benzene rings is 1. The third-order valence-corrected chi connectivity index (χ3v) is 4.72. The maximum atomic E-state index is 13.0. The van der Waals surface area contributed by atoms with Crippen molar-refractivity contribution in [3.8, 4) is 11.5 Å². The Labute approximate surface area is 147 Å². The topological polar surface area (TPSA) is 82.7 Å². The Hall–Kier alpha value is -2.25. The fourth-order valence-corrected chi connectivity index (χ4v) is 3.23. The first-order chi connectivity index (χ1) is 12.1. The van der Waals surface area contributed by atoms with Crippen molar-refractivity contribution in [2.24, 2.45) is 0 Å². The summed E-state index contributed by atoms with van der Waals surface area (Å²) in [6.07, 6.45) is 0.907. The molecule has 0 spiro atoms. The summed E-state index contributed by atoms with van der Waals surface area (Å²) in [5.41, 5.74) is 1.24. The highest BCUT2D eigenvalue weighted by Gasteiger charge is 2.27. The summed E-state index contributed by atoms with van der Waals surface area (Å²) in [6.45, 7) is 6.81. The molecule has 1 aromatic carbocycles. The fraction of sp³-hybridized carbons (Fsp3) is 0.500. The van der Waals surface area contributed by atoms with Crippen molar-refractivity contribution in [3.05, 3.63) is 35.7 Å². The lowest BCUT2D eigenvalue weighted by Crippen LogP contribution is -2.52. The second kappa shape index (κ2) is 7.76. The van der Waals surface area contributed by atoms with Crippen molar-refractivity contribution < 1.29 is 14.4 Å². The molecule has 1 atom stereocenters. The van der Waals surface area contributed by atoms with Gasteiger partial charge in [-0.1, -0.05) is 24.2 Å². The van der Waals surface area contributed by atoms with Gasteiger partial charge in [0.05, 0.1) is 17.7 Å². The van der Waals surface area contributed by atoms with E-state index >= 15 is 0 Å². The largest absolute Gasteiger partial charge is 0.395 e. The number of carbonyl (C=O) groups is 1. The lowest BCUT2D eigenvalue weighted by atomic mass is 10.1. The van der Waals surface area contributed by atoms with Crippen molar-refractivity contribution in [1.29, 1.82) is 0 Å². The molecule has 7 heteroatoms.